The van der Waals surface area contributed by atoms with Crippen molar-refractivity contribution in [2.45, 2.75) is 0 Å². The third-order valence-electron chi connectivity index (χ3n) is 0.726. The van der Waals surface area contributed by atoms with E-state index in [4.69, 9.17) is 4.55 Å². The molecule has 0 aliphatic heterocycles. The van der Waals surface area contributed by atoms with E-state index in [1.54, 1.807) is 18.7 Å². The van der Waals surface area contributed by atoms with Gasteiger partial charge in [-0.25, -0.2) is 9.87 Å². The van der Waals surface area contributed by atoms with Crippen LogP contribution in [-0.4, -0.2) is 29.5 Å². The van der Waals surface area contributed by atoms with Crippen molar-refractivity contribution < 1.29 is 22.2 Å². The third kappa shape index (κ3) is 10.8. The molecule has 1 aromatic heterocycles. The number of imidazole rings is 1. The first-order valence-electron chi connectivity index (χ1n) is 3.38. The summed E-state index contributed by atoms with van der Waals surface area (Å²) in [6, 6.07) is 0. The molecule has 2 N–H and O–H groups in total. The molecule has 0 aliphatic rings. The minimum Gasteiger partial charge on any atom is -0.351 e. The van der Waals surface area contributed by atoms with Crippen molar-refractivity contribution in [1.29, 1.82) is 0 Å². The molecule has 7 nitrogen and oxygen atoms in total. The van der Waals surface area contributed by atoms with Crippen LogP contribution < -0.4 is 0 Å². The number of hydrogen-bond donors (Lipinski definition) is 2. The molecule has 0 saturated carbocycles. The lowest BCUT2D eigenvalue weighted by Gasteiger charge is -1.93. The summed E-state index contributed by atoms with van der Waals surface area (Å²) < 4.78 is 30.6. The van der Waals surface area contributed by atoms with Crippen molar-refractivity contribution in [3.8, 4) is 0 Å². The highest BCUT2D eigenvalue weighted by molar-refractivity contribution is 7.80. The highest BCUT2D eigenvalue weighted by atomic mass is 32.3. The lowest BCUT2D eigenvalue weighted by atomic mass is 10.7. The van der Waals surface area contributed by atoms with Crippen LogP contribution in [0.1, 0.15) is 0 Å². The van der Waals surface area contributed by atoms with Crippen LogP contribution in [0, 0.1) is 0 Å². The molecule has 0 bridgehead atoms. The van der Waals surface area contributed by atoms with E-state index in [0.717, 1.165) is 0 Å². The van der Waals surface area contributed by atoms with Gasteiger partial charge in [-0.1, -0.05) is 10.4 Å². The Balaban J connectivity index is 0.000000280. The normalized spacial score (nSPS) is 10.1. The topological polar surface area (TPSA) is 102 Å². The fraction of sp³-hybridized carbons (Fsp3) is 0.167. The van der Waals surface area contributed by atoms with Gasteiger partial charge in [-0.15, -0.1) is 6.58 Å². The summed E-state index contributed by atoms with van der Waals surface area (Å²) in [5.74, 6) is 0. The van der Waals surface area contributed by atoms with Gasteiger partial charge >= 0.3 is 10.4 Å². The molecule has 0 aromatic carbocycles. The maximum Gasteiger partial charge on any atom is 0.424 e. The van der Waals surface area contributed by atoms with Crippen LogP contribution in [0.15, 0.2) is 31.4 Å². The molecule has 0 aliphatic carbocycles. The highest BCUT2D eigenvalue weighted by Crippen LogP contribution is 1.86. The van der Waals surface area contributed by atoms with E-state index in [1.807, 2.05) is 0 Å². The van der Waals surface area contributed by atoms with Crippen LogP contribution >= 0.6 is 0 Å². The maximum atomic E-state index is 9.68. The van der Waals surface area contributed by atoms with E-state index in [9.17, 15) is 8.42 Å². The van der Waals surface area contributed by atoms with E-state index in [-0.39, 0.29) is 6.61 Å². The molecule has 0 radical (unpaired) electrons. The number of nitrogens with zero attached hydrogens (tertiary/aromatic N) is 1. The van der Waals surface area contributed by atoms with Gasteiger partial charge in [0, 0.05) is 12.4 Å². The number of hydrogen-bond acceptors (Lipinski definition) is 5. The van der Waals surface area contributed by atoms with Gasteiger partial charge in [-0.3, -0.25) is 4.55 Å². The quantitative estimate of drug-likeness (QED) is 0.250. The Morgan fingerprint density at radius 2 is 2.36 bits per heavy atom. The second-order valence-electron chi connectivity index (χ2n) is 1.83. The average molecular weight is 222 g/mol. The second kappa shape index (κ2) is 7.21. The third-order valence-corrected chi connectivity index (χ3v) is 0.994. The van der Waals surface area contributed by atoms with Crippen LogP contribution in [0.4, 0.5) is 0 Å². The van der Waals surface area contributed by atoms with Crippen molar-refractivity contribution in [3.05, 3.63) is 31.4 Å². The van der Waals surface area contributed by atoms with Crippen LogP contribution in [-0.2, 0) is 19.6 Å². The van der Waals surface area contributed by atoms with Crippen LogP contribution in [0.2, 0.25) is 0 Å². The van der Waals surface area contributed by atoms with Gasteiger partial charge in [-0.05, 0) is 0 Å². The molecule has 1 heterocycles. The predicted molar refractivity (Wildman–Crippen MR) is 47.4 cm³/mol. The summed E-state index contributed by atoms with van der Waals surface area (Å²) in [6.45, 7) is 3.10. The molecule has 0 saturated heterocycles. The highest BCUT2D eigenvalue weighted by Gasteiger charge is 2.02. The Morgan fingerprint density at radius 3 is 2.64 bits per heavy atom. The fourth-order valence-electron chi connectivity index (χ4n) is 0.352. The Morgan fingerprint density at radius 1 is 1.64 bits per heavy atom. The monoisotopic (exact) mass is 222 g/mol. The Hall–Kier alpha value is -1.22. The summed E-state index contributed by atoms with van der Waals surface area (Å²) in [7, 11) is -4.47. The molecule has 0 atom stereocenters. The van der Waals surface area contributed by atoms with Crippen molar-refractivity contribution in [2.24, 2.45) is 0 Å². The molecular formula is C6H10N2O5S. The second-order valence-corrected chi connectivity index (χ2v) is 2.82. The van der Waals surface area contributed by atoms with Crippen molar-refractivity contribution in [2.75, 3.05) is 6.61 Å². The molecule has 80 valence electrons. The minimum atomic E-state index is -4.47. The first-order chi connectivity index (χ1) is 6.56. The molecule has 0 amide bonds. The van der Waals surface area contributed by atoms with Crippen molar-refractivity contribution in [1.82, 2.24) is 9.97 Å². The van der Waals surface area contributed by atoms with E-state index in [1.165, 1.54) is 6.08 Å². The van der Waals surface area contributed by atoms with Crippen molar-refractivity contribution >= 4 is 10.4 Å². The summed E-state index contributed by atoms with van der Waals surface area (Å²) in [5.41, 5.74) is 0. The lowest BCUT2D eigenvalue weighted by molar-refractivity contribution is -0.196. The number of aromatic amines is 1. The standard InChI is InChI=1S/C3H4N2.C3H6O5S/c1-2-5-3-4-1;1-2-3-7-8-9(4,5)6/h1-3H,(H,4,5);2H,1,3H2,(H,4,5,6). The first kappa shape index (κ1) is 12.8. The molecule has 0 unspecified atom stereocenters. The molecule has 1 rings (SSSR count). The largest absolute Gasteiger partial charge is 0.424 e. The van der Waals surface area contributed by atoms with Gasteiger partial charge in [0.05, 0.1) is 6.33 Å². The molecule has 1 aromatic rings. The van der Waals surface area contributed by atoms with Gasteiger partial charge in [-0.2, -0.15) is 8.42 Å². The van der Waals surface area contributed by atoms with E-state index in [0.29, 0.717) is 0 Å². The number of H-pyrrole nitrogens is 1. The van der Waals surface area contributed by atoms with Gasteiger partial charge < -0.3 is 4.98 Å². The fourth-order valence-corrected chi connectivity index (χ4v) is 0.529. The number of rotatable bonds is 4. The Kier molecular flexibility index (Phi) is 6.58. The molecular weight excluding hydrogens is 212 g/mol. The summed E-state index contributed by atoms with van der Waals surface area (Å²) in [6.07, 6.45) is 6.35. The van der Waals surface area contributed by atoms with E-state index >= 15 is 0 Å². The number of nitrogens with one attached hydrogen (secondary N) is 1. The van der Waals surface area contributed by atoms with Gasteiger partial charge in [0.1, 0.15) is 6.61 Å². The van der Waals surface area contributed by atoms with Gasteiger partial charge in [0.25, 0.3) is 0 Å². The van der Waals surface area contributed by atoms with Gasteiger partial charge in [0.15, 0.2) is 0 Å². The first-order valence-corrected chi connectivity index (χ1v) is 4.75. The van der Waals surface area contributed by atoms with Crippen LogP contribution in [0.5, 0.6) is 0 Å². The van der Waals surface area contributed by atoms with Crippen LogP contribution in [0.3, 0.4) is 0 Å². The molecule has 8 heteroatoms. The zero-order valence-electron chi connectivity index (χ0n) is 7.16. The lowest BCUT2D eigenvalue weighted by Crippen LogP contribution is -2.04. The molecule has 14 heavy (non-hydrogen) atoms. The number of aromatic nitrogens is 2. The zero-order valence-corrected chi connectivity index (χ0v) is 7.98. The van der Waals surface area contributed by atoms with E-state index in [2.05, 4.69) is 25.8 Å². The molecule has 0 fully saturated rings. The van der Waals surface area contributed by atoms with Gasteiger partial charge in [0.2, 0.25) is 0 Å². The Bertz CT molecular complexity index is 303. The Labute approximate surface area is 81.3 Å². The molecule has 0 spiro atoms. The smallest absolute Gasteiger partial charge is 0.351 e. The predicted octanol–water partition coefficient (Wildman–Crippen LogP) is 0.333. The average Bonchev–Trinajstić information content (AvgIpc) is 2.59. The SMILES string of the molecule is C=CCOOS(=O)(=O)O.c1c[nH]cn1. The summed E-state index contributed by atoms with van der Waals surface area (Å²) in [5, 5.41) is 0. The summed E-state index contributed by atoms with van der Waals surface area (Å²) >= 11 is 0. The van der Waals surface area contributed by atoms with E-state index < -0.39 is 10.4 Å². The minimum absolute atomic E-state index is 0.0974. The zero-order chi connectivity index (χ0) is 10.9. The van der Waals surface area contributed by atoms with Crippen LogP contribution in [0.25, 0.3) is 0 Å². The maximum absolute atomic E-state index is 9.68. The summed E-state index contributed by atoms with van der Waals surface area (Å²) in [4.78, 5) is 10.3. The van der Waals surface area contributed by atoms with Crippen molar-refractivity contribution in [3.63, 3.8) is 0 Å².